The van der Waals surface area contributed by atoms with Crippen LogP contribution in [0.1, 0.15) is 53.5 Å². The van der Waals surface area contributed by atoms with Crippen LogP contribution in [0, 0.1) is 0 Å². The Balaban J connectivity index is 1.63. The summed E-state index contributed by atoms with van der Waals surface area (Å²) in [4.78, 5) is 28.2. The summed E-state index contributed by atoms with van der Waals surface area (Å²) in [6.07, 6.45) is 5.70. The molecule has 0 aromatic carbocycles. The number of aliphatic hydroxyl groups is 1. The molecule has 1 fully saturated rings. The summed E-state index contributed by atoms with van der Waals surface area (Å²) < 4.78 is 0. The molecule has 6 heteroatoms. The number of hydrogen-bond acceptors (Lipinski definition) is 4. The van der Waals surface area contributed by atoms with E-state index in [4.69, 9.17) is 0 Å². The summed E-state index contributed by atoms with van der Waals surface area (Å²) >= 11 is 0. The van der Waals surface area contributed by atoms with Gasteiger partial charge in [-0.15, -0.1) is 0 Å². The number of H-pyrrole nitrogens is 1. The van der Waals surface area contributed by atoms with E-state index in [0.717, 1.165) is 38.8 Å². The second-order valence-corrected chi connectivity index (χ2v) is 5.84. The molecule has 1 aliphatic rings. The maximum absolute atomic E-state index is 11.9. The number of aliphatic hydroxyl groups excluding tert-OH is 1. The maximum Gasteiger partial charge on any atom is 0.267 e. The standard InChI is InChI=1S/C16H25N3O3/c1-12(21)13-9-15(18-10-13)16(22)17-6-2-3-7-19-8-4-5-14(19)11-20/h9-10,14,18,20H,2-8,11H2,1H3,(H,17,22). The van der Waals surface area contributed by atoms with Gasteiger partial charge < -0.3 is 15.4 Å². The normalized spacial score (nSPS) is 18.5. The molecule has 1 atom stereocenters. The van der Waals surface area contributed by atoms with Crippen LogP contribution < -0.4 is 5.32 Å². The van der Waals surface area contributed by atoms with E-state index in [1.807, 2.05) is 0 Å². The quantitative estimate of drug-likeness (QED) is 0.497. The van der Waals surface area contributed by atoms with Crippen molar-refractivity contribution >= 4 is 11.7 Å². The van der Waals surface area contributed by atoms with Gasteiger partial charge >= 0.3 is 0 Å². The lowest BCUT2D eigenvalue weighted by Gasteiger charge is -2.22. The molecule has 1 unspecified atom stereocenters. The molecule has 1 aliphatic heterocycles. The van der Waals surface area contributed by atoms with Crippen LogP contribution in [0.4, 0.5) is 0 Å². The molecule has 1 aromatic heterocycles. The zero-order chi connectivity index (χ0) is 15.9. The maximum atomic E-state index is 11.9. The molecule has 22 heavy (non-hydrogen) atoms. The summed E-state index contributed by atoms with van der Waals surface area (Å²) in [5.41, 5.74) is 0.944. The third kappa shape index (κ3) is 4.42. The number of carbonyl (C=O) groups is 2. The van der Waals surface area contributed by atoms with Gasteiger partial charge in [-0.05, 0) is 51.8 Å². The van der Waals surface area contributed by atoms with E-state index in [-0.39, 0.29) is 18.3 Å². The van der Waals surface area contributed by atoms with Crippen LogP contribution in [-0.4, -0.2) is 59.0 Å². The van der Waals surface area contributed by atoms with E-state index < -0.39 is 0 Å². The summed E-state index contributed by atoms with van der Waals surface area (Å²) in [7, 11) is 0. The lowest BCUT2D eigenvalue weighted by Crippen LogP contribution is -2.33. The summed E-state index contributed by atoms with van der Waals surface area (Å²) in [6, 6.07) is 1.90. The van der Waals surface area contributed by atoms with E-state index in [2.05, 4.69) is 15.2 Å². The Labute approximate surface area is 130 Å². The highest BCUT2D eigenvalue weighted by Gasteiger charge is 2.22. The molecule has 0 bridgehead atoms. The number of hydrogen-bond donors (Lipinski definition) is 3. The van der Waals surface area contributed by atoms with Gasteiger partial charge in [0.25, 0.3) is 5.91 Å². The van der Waals surface area contributed by atoms with E-state index in [1.54, 1.807) is 12.3 Å². The third-order valence-corrected chi connectivity index (χ3v) is 4.20. The monoisotopic (exact) mass is 307 g/mol. The predicted molar refractivity (Wildman–Crippen MR) is 84.0 cm³/mol. The number of rotatable bonds is 8. The van der Waals surface area contributed by atoms with Gasteiger partial charge in [-0.2, -0.15) is 0 Å². The highest BCUT2D eigenvalue weighted by molar-refractivity contribution is 5.99. The molecule has 2 heterocycles. The first-order chi connectivity index (χ1) is 10.6. The molecule has 6 nitrogen and oxygen atoms in total. The Morgan fingerprint density at radius 2 is 2.27 bits per heavy atom. The average Bonchev–Trinajstić information content (AvgIpc) is 3.15. The number of aromatic nitrogens is 1. The Hall–Kier alpha value is -1.66. The van der Waals surface area contributed by atoms with E-state index >= 15 is 0 Å². The average molecular weight is 307 g/mol. The summed E-state index contributed by atoms with van der Waals surface area (Å²) in [5, 5.41) is 12.1. The number of carbonyl (C=O) groups excluding carboxylic acids is 2. The molecule has 1 saturated heterocycles. The van der Waals surface area contributed by atoms with Crippen LogP contribution >= 0.6 is 0 Å². The molecule has 3 N–H and O–H groups in total. The second-order valence-electron chi connectivity index (χ2n) is 5.84. The fraction of sp³-hybridized carbons (Fsp3) is 0.625. The number of unbranched alkanes of at least 4 members (excludes halogenated alkanes) is 1. The van der Waals surface area contributed by atoms with Gasteiger partial charge in [0.1, 0.15) is 5.69 Å². The molecule has 0 saturated carbocycles. The largest absolute Gasteiger partial charge is 0.395 e. The number of likely N-dealkylation sites (tertiary alicyclic amines) is 1. The first kappa shape index (κ1) is 16.7. The van der Waals surface area contributed by atoms with Crippen LogP contribution in [0.25, 0.3) is 0 Å². The molecule has 0 aliphatic carbocycles. The Morgan fingerprint density at radius 1 is 1.45 bits per heavy atom. The number of nitrogens with zero attached hydrogens (tertiary/aromatic N) is 1. The Kier molecular flexibility index (Phi) is 6.15. The topological polar surface area (TPSA) is 85.4 Å². The van der Waals surface area contributed by atoms with E-state index in [1.165, 1.54) is 6.92 Å². The summed E-state index contributed by atoms with van der Waals surface area (Å²) in [5.74, 6) is -0.235. The Morgan fingerprint density at radius 3 is 2.95 bits per heavy atom. The zero-order valence-electron chi connectivity index (χ0n) is 13.1. The number of Topliss-reactive ketones (excluding diaryl/α,β-unsaturated/α-hetero) is 1. The van der Waals surface area contributed by atoms with Gasteiger partial charge in [-0.1, -0.05) is 0 Å². The van der Waals surface area contributed by atoms with E-state index in [9.17, 15) is 14.7 Å². The first-order valence-electron chi connectivity index (χ1n) is 7.94. The minimum absolute atomic E-state index is 0.0562. The lowest BCUT2D eigenvalue weighted by atomic mass is 10.2. The molecular weight excluding hydrogens is 282 g/mol. The van der Waals surface area contributed by atoms with Crippen LogP contribution in [0.15, 0.2) is 12.3 Å². The molecule has 1 amide bonds. The van der Waals surface area contributed by atoms with Crippen molar-refractivity contribution in [1.29, 1.82) is 0 Å². The molecule has 2 rings (SSSR count). The van der Waals surface area contributed by atoms with Crippen LogP contribution in [0.5, 0.6) is 0 Å². The van der Waals surface area contributed by atoms with Crippen molar-refractivity contribution in [1.82, 2.24) is 15.2 Å². The molecule has 1 aromatic rings. The predicted octanol–water partition coefficient (Wildman–Crippen LogP) is 1.18. The minimum atomic E-state index is -0.179. The fourth-order valence-corrected chi connectivity index (χ4v) is 2.86. The Bertz CT molecular complexity index is 512. The van der Waals surface area contributed by atoms with Crippen molar-refractivity contribution in [3.63, 3.8) is 0 Å². The molecule has 0 radical (unpaired) electrons. The molecule has 122 valence electrons. The molecule has 0 spiro atoms. The van der Waals surface area contributed by atoms with E-state index in [0.29, 0.717) is 23.8 Å². The number of aromatic amines is 1. The first-order valence-corrected chi connectivity index (χ1v) is 7.94. The van der Waals surface area contributed by atoms with Crippen LogP contribution in [0.2, 0.25) is 0 Å². The van der Waals surface area contributed by atoms with Gasteiger partial charge in [0, 0.05) is 24.3 Å². The second kappa shape index (κ2) is 8.10. The van der Waals surface area contributed by atoms with Gasteiger partial charge in [-0.3, -0.25) is 14.5 Å². The van der Waals surface area contributed by atoms with Crippen molar-refractivity contribution in [2.45, 2.75) is 38.6 Å². The zero-order valence-corrected chi connectivity index (χ0v) is 13.1. The van der Waals surface area contributed by atoms with Crippen molar-refractivity contribution in [3.8, 4) is 0 Å². The fourth-order valence-electron chi connectivity index (χ4n) is 2.86. The third-order valence-electron chi connectivity index (χ3n) is 4.20. The van der Waals surface area contributed by atoms with Crippen LogP contribution in [0.3, 0.4) is 0 Å². The molecular formula is C16H25N3O3. The van der Waals surface area contributed by atoms with Crippen molar-refractivity contribution in [2.75, 3.05) is 26.2 Å². The van der Waals surface area contributed by atoms with Gasteiger partial charge in [0.2, 0.25) is 0 Å². The number of amides is 1. The van der Waals surface area contributed by atoms with Crippen molar-refractivity contribution < 1.29 is 14.7 Å². The van der Waals surface area contributed by atoms with Crippen molar-refractivity contribution in [3.05, 3.63) is 23.5 Å². The van der Waals surface area contributed by atoms with Crippen molar-refractivity contribution in [2.24, 2.45) is 0 Å². The smallest absolute Gasteiger partial charge is 0.267 e. The summed E-state index contributed by atoms with van der Waals surface area (Å²) in [6.45, 7) is 4.36. The number of nitrogens with one attached hydrogen (secondary N) is 2. The van der Waals surface area contributed by atoms with Gasteiger partial charge in [-0.25, -0.2) is 0 Å². The van der Waals surface area contributed by atoms with Gasteiger partial charge in [0.05, 0.1) is 6.61 Å². The highest BCUT2D eigenvalue weighted by atomic mass is 16.3. The van der Waals surface area contributed by atoms with Gasteiger partial charge in [0.15, 0.2) is 5.78 Å². The SMILES string of the molecule is CC(=O)c1c[nH]c(C(=O)NCCCCN2CCCC2CO)c1. The van der Waals surface area contributed by atoms with Crippen LogP contribution in [-0.2, 0) is 0 Å². The highest BCUT2D eigenvalue weighted by Crippen LogP contribution is 2.16. The number of ketones is 1. The minimum Gasteiger partial charge on any atom is -0.395 e. The lowest BCUT2D eigenvalue weighted by molar-refractivity contribution is 0.0947.